The maximum Gasteiger partial charge on any atom is 0.407 e. The van der Waals surface area contributed by atoms with E-state index in [1.54, 1.807) is 0 Å². The van der Waals surface area contributed by atoms with Gasteiger partial charge in [-0.15, -0.1) is 0 Å². The van der Waals surface area contributed by atoms with E-state index in [0.29, 0.717) is 31.2 Å². The van der Waals surface area contributed by atoms with Gasteiger partial charge in [0.2, 0.25) is 0 Å². The fourth-order valence-electron chi connectivity index (χ4n) is 12.0. The zero-order valence-corrected chi connectivity index (χ0v) is 35.8. The van der Waals surface area contributed by atoms with Crippen LogP contribution in [0.3, 0.4) is 0 Å². The number of rotatable bonds is 25. The minimum absolute atomic E-state index is 0.0726. The van der Waals surface area contributed by atoms with Crippen LogP contribution in [-0.2, 0) is 19.0 Å². The minimum Gasteiger partial charge on any atom is -0.458 e. The molecular weight excluding hydrogens is 687 g/mol. The van der Waals surface area contributed by atoms with E-state index in [1.807, 2.05) is 6.20 Å². The van der Waals surface area contributed by atoms with Gasteiger partial charge in [-0.3, -0.25) is 9.69 Å². The van der Waals surface area contributed by atoms with Gasteiger partial charge in [-0.25, -0.2) is 4.79 Å². The second-order valence-electron chi connectivity index (χ2n) is 18.1. The maximum atomic E-state index is 13.6. The van der Waals surface area contributed by atoms with Crippen molar-refractivity contribution in [1.82, 2.24) is 15.1 Å². The summed E-state index contributed by atoms with van der Waals surface area (Å²) in [4.78, 5) is 31.0. The lowest BCUT2D eigenvalue weighted by Crippen LogP contribution is -2.67. The Hall–Kier alpha value is -1.80. The molecule has 316 valence electrons. The lowest BCUT2D eigenvalue weighted by atomic mass is 9.54. The van der Waals surface area contributed by atoms with Crippen LogP contribution in [0.15, 0.2) is 12.8 Å². The minimum atomic E-state index is -0.373. The Balaban J connectivity index is 0.988. The van der Waals surface area contributed by atoms with Crippen LogP contribution < -0.4 is 5.32 Å². The van der Waals surface area contributed by atoms with Gasteiger partial charge in [-0.05, 0) is 77.5 Å². The highest BCUT2D eigenvalue weighted by atomic mass is 16.6. The zero-order chi connectivity index (χ0) is 38.9. The molecule has 0 radical (unpaired) electrons. The molecule has 0 bridgehead atoms. The lowest BCUT2D eigenvalue weighted by Gasteiger charge is -2.60. The molecule has 9 unspecified atom stereocenters. The number of esters is 1. The Morgan fingerprint density at radius 1 is 0.745 bits per heavy atom. The van der Waals surface area contributed by atoms with Crippen molar-refractivity contribution in [2.45, 2.75) is 218 Å². The summed E-state index contributed by atoms with van der Waals surface area (Å²) in [5.74, 6) is 1.04. The fraction of sp³-hybridized carbons (Fsp3) is 0.915. The highest BCUT2D eigenvalue weighted by Crippen LogP contribution is 2.61. The van der Waals surface area contributed by atoms with Crippen LogP contribution in [0.4, 0.5) is 4.79 Å². The van der Waals surface area contributed by atoms with Crippen LogP contribution in [0.25, 0.3) is 0 Å². The van der Waals surface area contributed by atoms with Crippen molar-refractivity contribution in [2.24, 2.45) is 23.7 Å². The van der Waals surface area contributed by atoms with E-state index in [1.165, 1.54) is 103 Å². The molecule has 3 aliphatic carbocycles. The highest BCUT2D eigenvalue weighted by Gasteiger charge is 2.69. The smallest absolute Gasteiger partial charge is 0.407 e. The fourth-order valence-corrected chi connectivity index (χ4v) is 12.0. The third-order valence-corrected chi connectivity index (χ3v) is 14.9. The molecule has 2 heterocycles. The second kappa shape index (κ2) is 23.6. The number of hydrogen-bond acceptors (Lipinski definition) is 7. The first-order valence-electron chi connectivity index (χ1n) is 23.9. The number of nitrogens with one attached hydrogen (secondary N) is 1. The van der Waals surface area contributed by atoms with Crippen molar-refractivity contribution < 1.29 is 23.8 Å². The van der Waals surface area contributed by atoms with Gasteiger partial charge in [0.25, 0.3) is 0 Å². The van der Waals surface area contributed by atoms with Gasteiger partial charge in [-0.2, -0.15) is 0 Å². The molecule has 3 saturated carbocycles. The van der Waals surface area contributed by atoms with Gasteiger partial charge in [0, 0.05) is 49.5 Å². The predicted octanol–water partition coefficient (Wildman–Crippen LogP) is 11.0. The first-order valence-corrected chi connectivity index (χ1v) is 23.9. The molecule has 8 heteroatoms. The predicted molar refractivity (Wildman–Crippen MR) is 224 cm³/mol. The summed E-state index contributed by atoms with van der Waals surface area (Å²) in [6, 6.07) is 0.797. The van der Waals surface area contributed by atoms with Crippen LogP contribution in [0.2, 0.25) is 0 Å². The number of likely N-dealkylation sites (N-methyl/N-ethyl adjacent to an activating group) is 1. The van der Waals surface area contributed by atoms with E-state index < -0.39 is 0 Å². The molecule has 0 aromatic carbocycles. The average Bonchev–Trinajstić information content (AvgIpc) is 3.50. The van der Waals surface area contributed by atoms with Crippen molar-refractivity contribution in [3.8, 4) is 0 Å². The van der Waals surface area contributed by atoms with E-state index in [0.717, 1.165) is 83.8 Å². The van der Waals surface area contributed by atoms with Gasteiger partial charge < -0.3 is 24.4 Å². The molecule has 5 aliphatic rings. The molecule has 8 nitrogen and oxygen atoms in total. The average molecular weight is 770 g/mol. The molecule has 5 fully saturated rings. The van der Waals surface area contributed by atoms with Crippen LogP contribution in [0.1, 0.15) is 188 Å². The monoisotopic (exact) mass is 770 g/mol. The van der Waals surface area contributed by atoms with Gasteiger partial charge >= 0.3 is 12.1 Å². The number of unbranched alkanes of at least 4 members (excludes halogenated alkanes) is 15. The normalized spacial score (nSPS) is 31.4. The number of ether oxygens (including phenoxy) is 3. The molecule has 55 heavy (non-hydrogen) atoms. The summed E-state index contributed by atoms with van der Waals surface area (Å²) < 4.78 is 19.7. The van der Waals surface area contributed by atoms with Crippen molar-refractivity contribution in [3.05, 3.63) is 12.8 Å². The van der Waals surface area contributed by atoms with Gasteiger partial charge in [0.15, 0.2) is 0 Å². The summed E-state index contributed by atoms with van der Waals surface area (Å²) in [7, 11) is 0. The lowest BCUT2D eigenvalue weighted by molar-refractivity contribution is -0.263. The van der Waals surface area contributed by atoms with Gasteiger partial charge in [-0.1, -0.05) is 130 Å². The number of carbonyl (C=O) groups excluding carboxylic acids is 2. The van der Waals surface area contributed by atoms with Crippen molar-refractivity contribution in [2.75, 3.05) is 32.8 Å². The molecule has 1 N–H and O–H groups in total. The third-order valence-electron chi connectivity index (χ3n) is 14.9. The van der Waals surface area contributed by atoms with Crippen molar-refractivity contribution in [1.29, 1.82) is 0 Å². The number of nitrogens with zero attached hydrogens (tertiary/aromatic N) is 2. The van der Waals surface area contributed by atoms with E-state index in [2.05, 4.69) is 42.5 Å². The summed E-state index contributed by atoms with van der Waals surface area (Å²) >= 11 is 0. The quantitative estimate of drug-likeness (QED) is 0.0731. The molecular formula is C47H83N3O5. The Morgan fingerprint density at radius 3 is 1.89 bits per heavy atom. The topological polar surface area (TPSA) is 80.3 Å². The molecule has 2 saturated heterocycles. The number of hydrogen-bond donors (Lipinski definition) is 1. The number of fused-ring (bicyclic) bond motifs is 6. The largest absolute Gasteiger partial charge is 0.458 e. The molecule has 5 rings (SSSR count). The third kappa shape index (κ3) is 11.9. The summed E-state index contributed by atoms with van der Waals surface area (Å²) in [6.45, 7) is 14.5. The molecule has 9 atom stereocenters. The highest BCUT2D eigenvalue weighted by molar-refractivity contribution is 5.76. The van der Waals surface area contributed by atoms with Crippen LogP contribution in [0, 0.1) is 23.7 Å². The van der Waals surface area contributed by atoms with Gasteiger partial charge in [0.1, 0.15) is 12.2 Å². The first-order chi connectivity index (χ1) is 27.0. The SMILES string of the molecule is C=CN(CC)C1CCC2C(C1)OC1CC(N(CC)CCOC(=O)NCCCCCCCCCCCCCCCCCC)CCC1C21OC(=O)C2CCCCC21. The maximum absolute atomic E-state index is 13.6. The van der Waals surface area contributed by atoms with E-state index in [4.69, 9.17) is 14.2 Å². The molecule has 0 aromatic rings. The van der Waals surface area contributed by atoms with Crippen molar-refractivity contribution >= 4 is 12.1 Å². The second-order valence-corrected chi connectivity index (χ2v) is 18.1. The summed E-state index contributed by atoms with van der Waals surface area (Å²) in [6.07, 6.45) is 34.1. The number of carbonyl (C=O) groups is 2. The zero-order valence-electron chi connectivity index (χ0n) is 35.8. The Kier molecular flexibility index (Phi) is 19.0. The number of alkyl carbamates (subject to hydrolysis) is 1. The Labute approximate surface area is 337 Å². The number of amides is 1. The molecule has 2 aliphatic heterocycles. The van der Waals surface area contributed by atoms with Crippen LogP contribution in [-0.4, -0.2) is 84.5 Å². The Morgan fingerprint density at radius 2 is 1.31 bits per heavy atom. The first kappa shape index (κ1) is 44.3. The summed E-state index contributed by atoms with van der Waals surface area (Å²) in [5, 5.41) is 2.99. The Bertz CT molecular complexity index is 1140. The molecule has 1 amide bonds. The van der Waals surface area contributed by atoms with E-state index in [9.17, 15) is 9.59 Å². The van der Waals surface area contributed by atoms with Gasteiger partial charge in [0.05, 0.1) is 18.1 Å². The molecule has 0 aromatic heterocycles. The van der Waals surface area contributed by atoms with Crippen LogP contribution in [0.5, 0.6) is 0 Å². The van der Waals surface area contributed by atoms with Crippen LogP contribution >= 0.6 is 0 Å². The standard InChI is InChI=1S/C47H83N3O5/c1-5-9-10-11-12-13-14-15-16-17-18-19-20-21-22-25-32-48-46(52)53-34-33-50(8-4)38-29-31-42-44(36-38)54-43-35-37(49(6-2)7-3)28-30-41(43)47(42)40-27-24-23-26-39(40)45(51)55-47/h6,37-44H,2,5,7-36H2,1,3-4H3,(H,48,52). The summed E-state index contributed by atoms with van der Waals surface area (Å²) in [5.41, 5.74) is -0.373. The van der Waals surface area contributed by atoms with Crippen molar-refractivity contribution in [3.63, 3.8) is 0 Å². The van der Waals surface area contributed by atoms with E-state index >= 15 is 0 Å². The molecule has 1 spiro atoms. The van der Waals surface area contributed by atoms with E-state index in [-0.39, 0.29) is 47.6 Å².